The van der Waals surface area contributed by atoms with Crippen molar-refractivity contribution in [3.05, 3.63) is 35.4 Å². The maximum absolute atomic E-state index is 12.3. The van der Waals surface area contributed by atoms with E-state index in [9.17, 15) is 18.0 Å². The van der Waals surface area contributed by atoms with Gasteiger partial charge in [-0.25, -0.2) is 0 Å². The predicted molar refractivity (Wildman–Crippen MR) is 56.5 cm³/mol. The van der Waals surface area contributed by atoms with Crippen LogP contribution in [-0.2, 0) is 15.7 Å². The van der Waals surface area contributed by atoms with Gasteiger partial charge in [-0.2, -0.15) is 13.2 Å². The third-order valence-corrected chi connectivity index (χ3v) is 2.51. The predicted octanol–water partition coefficient (Wildman–Crippen LogP) is 3.37. The number of hydrogen-bond acceptors (Lipinski definition) is 2. The SMILES string of the molecule is COC(=O)C[C@@H](C)c1ccc(C(F)(F)F)cc1. The van der Waals surface area contributed by atoms with Gasteiger partial charge in [-0.1, -0.05) is 19.1 Å². The first-order valence-corrected chi connectivity index (χ1v) is 5.08. The van der Waals surface area contributed by atoms with E-state index in [1.54, 1.807) is 6.92 Å². The Kier molecular flexibility index (Phi) is 4.15. The quantitative estimate of drug-likeness (QED) is 0.764. The highest BCUT2D eigenvalue weighted by Crippen LogP contribution is 2.30. The fraction of sp³-hybridized carbons (Fsp3) is 0.417. The van der Waals surface area contributed by atoms with E-state index in [1.165, 1.54) is 19.2 Å². The third-order valence-electron chi connectivity index (χ3n) is 2.51. The number of ether oxygens (including phenoxy) is 1. The van der Waals surface area contributed by atoms with Crippen LogP contribution in [0.1, 0.15) is 30.4 Å². The maximum Gasteiger partial charge on any atom is 0.416 e. The van der Waals surface area contributed by atoms with E-state index in [1.807, 2.05) is 0 Å². The first-order chi connectivity index (χ1) is 7.84. The average molecular weight is 246 g/mol. The second-order valence-electron chi connectivity index (χ2n) is 3.80. The highest BCUT2D eigenvalue weighted by Gasteiger charge is 2.30. The molecule has 0 unspecified atom stereocenters. The molecule has 0 N–H and O–H groups in total. The van der Waals surface area contributed by atoms with Gasteiger partial charge in [0.2, 0.25) is 0 Å². The molecule has 5 heteroatoms. The van der Waals surface area contributed by atoms with Gasteiger partial charge in [-0.15, -0.1) is 0 Å². The van der Waals surface area contributed by atoms with Crippen molar-refractivity contribution < 1.29 is 22.7 Å². The lowest BCUT2D eigenvalue weighted by Crippen LogP contribution is -2.07. The summed E-state index contributed by atoms with van der Waals surface area (Å²) < 4.78 is 41.4. The molecule has 0 radical (unpaired) electrons. The molecule has 0 bridgehead atoms. The molecule has 0 saturated carbocycles. The molecule has 0 spiro atoms. The van der Waals surface area contributed by atoms with Crippen molar-refractivity contribution in [1.29, 1.82) is 0 Å². The van der Waals surface area contributed by atoms with Gasteiger partial charge in [-0.3, -0.25) is 4.79 Å². The molecule has 0 amide bonds. The van der Waals surface area contributed by atoms with Crippen molar-refractivity contribution in [3.8, 4) is 0 Å². The monoisotopic (exact) mass is 246 g/mol. The highest BCUT2D eigenvalue weighted by atomic mass is 19.4. The summed E-state index contributed by atoms with van der Waals surface area (Å²) in [7, 11) is 1.28. The Balaban J connectivity index is 2.77. The molecule has 0 aliphatic carbocycles. The molecule has 1 aromatic carbocycles. The van der Waals surface area contributed by atoms with E-state index in [-0.39, 0.29) is 18.3 Å². The third kappa shape index (κ3) is 3.76. The summed E-state index contributed by atoms with van der Waals surface area (Å²) in [5.41, 5.74) is -0.00471. The molecule has 0 aliphatic rings. The fourth-order valence-corrected chi connectivity index (χ4v) is 1.45. The molecule has 1 aromatic rings. The van der Waals surface area contributed by atoms with Gasteiger partial charge in [0.1, 0.15) is 0 Å². The van der Waals surface area contributed by atoms with Crippen LogP contribution >= 0.6 is 0 Å². The van der Waals surface area contributed by atoms with Crippen LogP contribution in [0.2, 0.25) is 0 Å². The molecule has 17 heavy (non-hydrogen) atoms. The van der Waals surface area contributed by atoms with Gasteiger partial charge in [0, 0.05) is 0 Å². The first kappa shape index (κ1) is 13.5. The van der Waals surface area contributed by atoms with Gasteiger partial charge in [-0.05, 0) is 23.6 Å². The van der Waals surface area contributed by atoms with Crippen molar-refractivity contribution >= 4 is 5.97 Å². The Hall–Kier alpha value is -1.52. The van der Waals surface area contributed by atoms with Gasteiger partial charge < -0.3 is 4.74 Å². The zero-order valence-electron chi connectivity index (χ0n) is 9.54. The fourth-order valence-electron chi connectivity index (χ4n) is 1.45. The largest absolute Gasteiger partial charge is 0.469 e. The van der Waals surface area contributed by atoms with Gasteiger partial charge in [0.15, 0.2) is 0 Å². The number of carbonyl (C=O) groups excluding carboxylic acids is 1. The lowest BCUT2D eigenvalue weighted by atomic mass is 9.97. The van der Waals surface area contributed by atoms with Crippen molar-refractivity contribution in [2.24, 2.45) is 0 Å². The minimum absolute atomic E-state index is 0.155. The summed E-state index contributed by atoms with van der Waals surface area (Å²) in [5.74, 6) is -0.540. The van der Waals surface area contributed by atoms with E-state index in [0.717, 1.165) is 12.1 Å². The molecule has 1 atom stereocenters. The Bertz CT molecular complexity index is 382. The van der Waals surface area contributed by atoms with Crippen molar-refractivity contribution in [2.75, 3.05) is 7.11 Å². The summed E-state index contributed by atoms with van der Waals surface area (Å²) in [6, 6.07) is 4.80. The Morgan fingerprint density at radius 1 is 1.29 bits per heavy atom. The van der Waals surface area contributed by atoms with Crippen LogP contribution in [0.25, 0.3) is 0 Å². The molecule has 94 valence electrons. The molecule has 0 aromatic heterocycles. The maximum atomic E-state index is 12.3. The van der Waals surface area contributed by atoms with Crippen molar-refractivity contribution in [3.63, 3.8) is 0 Å². The molecule has 0 fully saturated rings. The second kappa shape index (κ2) is 5.21. The first-order valence-electron chi connectivity index (χ1n) is 5.08. The summed E-state index contributed by atoms with van der Waals surface area (Å²) >= 11 is 0. The zero-order valence-corrected chi connectivity index (χ0v) is 9.54. The Morgan fingerprint density at radius 3 is 2.24 bits per heavy atom. The zero-order chi connectivity index (χ0) is 13.1. The Labute approximate surface area is 97.4 Å². The number of methoxy groups -OCH3 is 1. The number of esters is 1. The summed E-state index contributed by atoms with van der Waals surface area (Å²) in [6.07, 6.45) is -4.17. The number of hydrogen-bond donors (Lipinski definition) is 0. The van der Waals surface area contributed by atoms with E-state index in [4.69, 9.17) is 0 Å². The molecular weight excluding hydrogens is 233 g/mol. The highest BCUT2D eigenvalue weighted by molar-refractivity contribution is 5.70. The standard InChI is InChI=1S/C12H13F3O2/c1-8(7-11(16)17-2)9-3-5-10(6-4-9)12(13,14)15/h3-6,8H,7H2,1-2H3/t8-/m1/s1. The normalized spacial score (nSPS) is 13.2. The molecule has 0 heterocycles. The van der Waals surface area contributed by atoms with E-state index < -0.39 is 11.7 Å². The van der Waals surface area contributed by atoms with Crippen LogP contribution in [0.15, 0.2) is 24.3 Å². The second-order valence-corrected chi connectivity index (χ2v) is 3.80. The van der Waals surface area contributed by atoms with Gasteiger partial charge in [0.05, 0.1) is 19.1 Å². The van der Waals surface area contributed by atoms with Gasteiger partial charge in [0.25, 0.3) is 0 Å². The number of halogens is 3. The van der Waals surface area contributed by atoms with Crippen molar-refractivity contribution in [2.45, 2.75) is 25.4 Å². The summed E-state index contributed by atoms with van der Waals surface area (Å²) in [5, 5.41) is 0. The lowest BCUT2D eigenvalue weighted by Gasteiger charge is -2.12. The number of benzene rings is 1. The number of rotatable bonds is 3. The topological polar surface area (TPSA) is 26.3 Å². The van der Waals surface area contributed by atoms with Crippen LogP contribution in [-0.4, -0.2) is 13.1 Å². The number of alkyl halides is 3. The van der Waals surface area contributed by atoms with Crippen LogP contribution in [0.5, 0.6) is 0 Å². The van der Waals surface area contributed by atoms with E-state index >= 15 is 0 Å². The van der Waals surface area contributed by atoms with Gasteiger partial charge >= 0.3 is 12.1 Å². The minimum Gasteiger partial charge on any atom is -0.469 e. The number of carbonyl (C=O) groups is 1. The molecule has 1 rings (SSSR count). The van der Waals surface area contributed by atoms with Crippen LogP contribution in [0, 0.1) is 0 Å². The lowest BCUT2D eigenvalue weighted by molar-refractivity contribution is -0.141. The van der Waals surface area contributed by atoms with E-state index in [0.29, 0.717) is 5.56 Å². The van der Waals surface area contributed by atoms with E-state index in [2.05, 4.69) is 4.74 Å². The molecule has 2 nitrogen and oxygen atoms in total. The van der Waals surface area contributed by atoms with Crippen LogP contribution < -0.4 is 0 Å². The Morgan fingerprint density at radius 2 is 1.82 bits per heavy atom. The molecule has 0 saturated heterocycles. The smallest absolute Gasteiger partial charge is 0.416 e. The molecule has 0 aliphatic heterocycles. The van der Waals surface area contributed by atoms with Crippen LogP contribution in [0.4, 0.5) is 13.2 Å². The minimum atomic E-state index is -4.33. The van der Waals surface area contributed by atoms with Crippen LogP contribution in [0.3, 0.4) is 0 Å². The average Bonchev–Trinajstić information content (AvgIpc) is 2.27. The molecular formula is C12H13F3O2. The van der Waals surface area contributed by atoms with Crippen molar-refractivity contribution in [1.82, 2.24) is 0 Å². The summed E-state index contributed by atoms with van der Waals surface area (Å²) in [4.78, 5) is 11.0. The summed E-state index contributed by atoms with van der Waals surface area (Å²) in [6.45, 7) is 1.76.